The molecule has 0 spiro atoms. The average molecular weight is 249 g/mol. The molecule has 1 aromatic heterocycles. The molecule has 0 fully saturated rings. The SMILES string of the molecule is O=S([O-])c1ccc(Br)s1.[Na+]. The Bertz CT molecular complexity index is 237. The molecule has 10 heavy (non-hydrogen) atoms. The van der Waals surface area contributed by atoms with Crippen LogP contribution in [0.5, 0.6) is 0 Å². The van der Waals surface area contributed by atoms with Gasteiger partial charge in [0, 0.05) is 0 Å². The molecule has 0 aliphatic heterocycles. The summed E-state index contributed by atoms with van der Waals surface area (Å²) in [6.07, 6.45) is 0. The van der Waals surface area contributed by atoms with Gasteiger partial charge in [0.05, 0.1) is 8.00 Å². The summed E-state index contributed by atoms with van der Waals surface area (Å²) in [5, 5.41) is 0. The zero-order chi connectivity index (χ0) is 6.85. The number of hydrogen-bond donors (Lipinski definition) is 0. The Morgan fingerprint density at radius 1 is 1.60 bits per heavy atom. The van der Waals surface area contributed by atoms with E-state index in [0.717, 1.165) is 3.79 Å². The number of halogens is 1. The van der Waals surface area contributed by atoms with E-state index >= 15 is 0 Å². The molecule has 1 rings (SSSR count). The molecule has 0 aliphatic carbocycles. The molecular weight excluding hydrogens is 247 g/mol. The van der Waals surface area contributed by atoms with Gasteiger partial charge >= 0.3 is 29.6 Å². The van der Waals surface area contributed by atoms with Crippen LogP contribution in [0, 0.1) is 0 Å². The molecule has 0 saturated heterocycles. The first-order valence-electron chi connectivity index (χ1n) is 2.05. The van der Waals surface area contributed by atoms with Crippen molar-refractivity contribution in [2.24, 2.45) is 0 Å². The number of hydrogen-bond acceptors (Lipinski definition) is 3. The molecule has 0 N–H and O–H groups in total. The van der Waals surface area contributed by atoms with Crippen molar-refractivity contribution in [1.29, 1.82) is 0 Å². The molecule has 0 bridgehead atoms. The topological polar surface area (TPSA) is 40.1 Å². The van der Waals surface area contributed by atoms with Gasteiger partial charge in [-0.25, -0.2) is 0 Å². The fraction of sp³-hybridized carbons (Fsp3) is 0. The summed E-state index contributed by atoms with van der Waals surface area (Å²) < 4.78 is 21.6. The molecule has 6 heteroatoms. The Labute approximate surface area is 95.7 Å². The summed E-state index contributed by atoms with van der Waals surface area (Å²) in [5.74, 6) is 0. The molecular formula is C4H2BrNaO2S2. The summed E-state index contributed by atoms with van der Waals surface area (Å²) in [6, 6.07) is 3.26. The van der Waals surface area contributed by atoms with Crippen LogP contribution in [0.4, 0.5) is 0 Å². The standard InChI is InChI=1S/C4H3BrO2S2.Na/c5-3-1-2-4(8-3)9(6)7;/h1-2H,(H,6,7);/q;+1/p-1. The molecule has 1 atom stereocenters. The van der Waals surface area contributed by atoms with E-state index in [0.29, 0.717) is 4.21 Å². The van der Waals surface area contributed by atoms with E-state index in [1.807, 2.05) is 0 Å². The molecule has 0 amide bonds. The first kappa shape index (κ1) is 11.3. The van der Waals surface area contributed by atoms with Gasteiger partial charge in [0.1, 0.15) is 0 Å². The smallest absolute Gasteiger partial charge is 0.768 e. The van der Waals surface area contributed by atoms with Crippen LogP contribution in [0.15, 0.2) is 20.1 Å². The molecule has 2 nitrogen and oxygen atoms in total. The molecule has 0 aliphatic rings. The summed E-state index contributed by atoms with van der Waals surface area (Å²) >= 11 is 2.28. The quantitative estimate of drug-likeness (QED) is 0.461. The first-order valence-corrected chi connectivity index (χ1v) is 4.73. The molecule has 1 aromatic rings. The second-order valence-electron chi connectivity index (χ2n) is 1.29. The maximum Gasteiger partial charge on any atom is 1.00 e. The van der Waals surface area contributed by atoms with Crippen LogP contribution in [-0.2, 0) is 11.1 Å². The second-order valence-corrected chi connectivity index (χ2v) is 4.92. The fourth-order valence-corrected chi connectivity index (χ4v) is 2.55. The summed E-state index contributed by atoms with van der Waals surface area (Å²) in [5.41, 5.74) is 0. The van der Waals surface area contributed by atoms with E-state index in [-0.39, 0.29) is 29.6 Å². The Balaban J connectivity index is 0.000000810. The molecule has 50 valence electrons. The summed E-state index contributed by atoms with van der Waals surface area (Å²) in [6.45, 7) is 0. The van der Waals surface area contributed by atoms with Crippen LogP contribution < -0.4 is 29.6 Å². The average Bonchev–Trinajstić information content (AvgIpc) is 2.14. The van der Waals surface area contributed by atoms with Gasteiger partial charge in [-0.05, 0) is 39.1 Å². The van der Waals surface area contributed by atoms with Crippen LogP contribution in [0.1, 0.15) is 0 Å². The minimum Gasteiger partial charge on any atom is -0.768 e. The Hall–Kier alpha value is 1.29. The summed E-state index contributed by atoms with van der Waals surface area (Å²) in [4.78, 5) is 0. The molecule has 1 unspecified atom stereocenters. The van der Waals surface area contributed by atoms with Crippen LogP contribution in [0.2, 0.25) is 0 Å². The van der Waals surface area contributed by atoms with E-state index < -0.39 is 11.1 Å². The van der Waals surface area contributed by atoms with E-state index in [9.17, 15) is 8.76 Å². The fourth-order valence-electron chi connectivity index (χ4n) is 0.387. The van der Waals surface area contributed by atoms with Gasteiger partial charge in [0.15, 0.2) is 0 Å². The van der Waals surface area contributed by atoms with Crippen molar-refractivity contribution in [1.82, 2.24) is 0 Å². The number of thiophene rings is 1. The Morgan fingerprint density at radius 3 is 2.40 bits per heavy atom. The zero-order valence-corrected chi connectivity index (χ0v) is 10.4. The third kappa shape index (κ3) is 3.13. The number of rotatable bonds is 1. The van der Waals surface area contributed by atoms with Gasteiger partial charge in [-0.1, -0.05) is 0 Å². The minimum absolute atomic E-state index is 0. The predicted octanol–water partition coefficient (Wildman–Crippen LogP) is -1.25. The molecule has 0 saturated carbocycles. The first-order chi connectivity index (χ1) is 4.20. The van der Waals surface area contributed by atoms with Crippen molar-refractivity contribution in [2.75, 3.05) is 0 Å². The minimum atomic E-state index is -2.07. The van der Waals surface area contributed by atoms with Crippen LogP contribution in [-0.4, -0.2) is 8.76 Å². The van der Waals surface area contributed by atoms with Crippen LogP contribution in [0.25, 0.3) is 0 Å². The van der Waals surface area contributed by atoms with Gasteiger partial charge in [0.25, 0.3) is 0 Å². The Kier molecular flexibility index (Phi) is 5.68. The second kappa shape index (κ2) is 5.03. The third-order valence-electron chi connectivity index (χ3n) is 0.713. The molecule has 0 radical (unpaired) electrons. The zero-order valence-electron chi connectivity index (χ0n) is 5.17. The predicted molar refractivity (Wildman–Crippen MR) is 39.2 cm³/mol. The van der Waals surface area contributed by atoms with Gasteiger partial charge in [-0.15, -0.1) is 11.3 Å². The van der Waals surface area contributed by atoms with E-state index in [1.165, 1.54) is 11.3 Å². The van der Waals surface area contributed by atoms with Crippen molar-refractivity contribution >= 4 is 38.3 Å². The van der Waals surface area contributed by atoms with Crippen LogP contribution in [0.3, 0.4) is 0 Å². The Morgan fingerprint density at radius 2 is 2.20 bits per heavy atom. The van der Waals surface area contributed by atoms with E-state index in [2.05, 4.69) is 15.9 Å². The van der Waals surface area contributed by atoms with Crippen molar-refractivity contribution in [2.45, 2.75) is 4.21 Å². The van der Waals surface area contributed by atoms with Crippen molar-refractivity contribution in [3.63, 3.8) is 0 Å². The maximum absolute atomic E-state index is 10.2. The third-order valence-corrected chi connectivity index (χ3v) is 3.25. The molecule has 0 aromatic carbocycles. The maximum atomic E-state index is 10.2. The monoisotopic (exact) mass is 248 g/mol. The van der Waals surface area contributed by atoms with Gasteiger partial charge in [0.2, 0.25) is 0 Å². The van der Waals surface area contributed by atoms with E-state index in [4.69, 9.17) is 0 Å². The van der Waals surface area contributed by atoms with Gasteiger partial charge in [-0.3, -0.25) is 4.21 Å². The normalized spacial score (nSPS) is 12.2. The van der Waals surface area contributed by atoms with Crippen LogP contribution >= 0.6 is 27.3 Å². The van der Waals surface area contributed by atoms with Crippen molar-refractivity contribution in [3.05, 3.63) is 15.9 Å². The van der Waals surface area contributed by atoms with E-state index in [1.54, 1.807) is 12.1 Å². The van der Waals surface area contributed by atoms with Crippen molar-refractivity contribution < 1.29 is 38.3 Å². The summed E-state index contributed by atoms with van der Waals surface area (Å²) in [7, 11) is 0. The van der Waals surface area contributed by atoms with Gasteiger partial charge in [-0.2, -0.15) is 0 Å². The largest absolute Gasteiger partial charge is 1.00 e. The van der Waals surface area contributed by atoms with Crippen molar-refractivity contribution in [3.8, 4) is 0 Å². The molecule has 1 heterocycles. The van der Waals surface area contributed by atoms with Gasteiger partial charge < -0.3 is 4.55 Å².